The third-order valence-electron chi connectivity index (χ3n) is 14.6. The van der Waals surface area contributed by atoms with Crippen molar-refractivity contribution < 1.29 is 73.1 Å². The van der Waals surface area contributed by atoms with Crippen molar-refractivity contribution in [3.8, 4) is 11.5 Å². The number of nitrogens with zero attached hydrogens (tertiary/aromatic N) is 3. The number of aliphatic carboxylic acids is 3. The Bertz CT molecular complexity index is 3070. The van der Waals surface area contributed by atoms with Crippen molar-refractivity contribution in [1.29, 1.82) is 0 Å². The first-order valence-electron chi connectivity index (χ1n) is 31.6. The van der Waals surface area contributed by atoms with Crippen molar-refractivity contribution in [2.45, 2.75) is 95.5 Å². The molecule has 0 aliphatic rings. The van der Waals surface area contributed by atoms with E-state index < -0.39 is 59.9 Å². The van der Waals surface area contributed by atoms with E-state index in [0.29, 0.717) is 86.9 Å². The van der Waals surface area contributed by atoms with Crippen molar-refractivity contribution in [1.82, 2.24) is 63.0 Å². The molecule has 95 heavy (non-hydrogen) atoms. The highest BCUT2D eigenvalue weighted by atomic mass is 16.5. The predicted molar refractivity (Wildman–Crippen MR) is 354 cm³/mol. The number of urea groups is 1. The lowest BCUT2D eigenvalue weighted by Crippen LogP contribution is -2.48. The number of guanidine groups is 1. The fraction of sp³-hybridized carbons (Fsp3) is 0.462. The molecule has 4 rings (SSSR count). The van der Waals surface area contributed by atoms with E-state index in [9.17, 15) is 63.3 Å². The van der Waals surface area contributed by atoms with Crippen LogP contribution in [0.1, 0.15) is 96.8 Å². The number of hydrogen-bond acceptors (Lipinski definition) is 19. The third-order valence-corrected chi connectivity index (χ3v) is 14.6. The van der Waals surface area contributed by atoms with E-state index in [1.807, 2.05) is 30.3 Å². The molecule has 0 aliphatic carbocycles. The summed E-state index contributed by atoms with van der Waals surface area (Å²) in [5.74, 6) is -5.29. The number of carbonyl (C=O) groups is 10. The Morgan fingerprint density at radius 1 is 0.611 bits per heavy atom. The summed E-state index contributed by atoms with van der Waals surface area (Å²) in [4.78, 5) is 131. The molecule has 0 aromatic heterocycles. The Kier molecular flexibility index (Phi) is 36.8. The molecule has 18 N–H and O–H groups in total. The molecular weight excluding hydrogens is 1230 g/mol. The van der Waals surface area contributed by atoms with Gasteiger partial charge in [0.15, 0.2) is 12.2 Å². The van der Waals surface area contributed by atoms with Crippen LogP contribution in [0.3, 0.4) is 0 Å². The van der Waals surface area contributed by atoms with Gasteiger partial charge in [-0.25, -0.2) is 4.79 Å². The van der Waals surface area contributed by atoms with Gasteiger partial charge in [-0.05, 0) is 104 Å². The first kappa shape index (κ1) is 77.9. The van der Waals surface area contributed by atoms with Crippen LogP contribution in [0.2, 0.25) is 0 Å². The van der Waals surface area contributed by atoms with Crippen LogP contribution in [0.25, 0.3) is 0 Å². The number of amides is 7. The van der Waals surface area contributed by atoms with Crippen LogP contribution in [0.4, 0.5) is 4.79 Å². The standard InChI is InChI=1S/C65H93N15O15/c1-2-55(83)70-29-30-74-65(94)78-64(67)73-28-11-17-53(62(92)76-40-46-20-24-50(82)25-21-46)77-63(93)59(47-12-4-3-5-13-47)49-14-10-15-51(38-49)95-37-9-8-27-72-61(91)52(66)16-6-7-26-71-60(90)48-22-18-45(19-23-48)39-75-54(44-81)69-32-34-80(43-58(88)89)36-35-79(42-57(86)87)33-31-68-41-56(84)85/h3-5,10,12-15,18-25,38,44,52-54,59,68-69,75,82H,2,6-9,11,16-17,26-37,39-43,66H2,1H3,(H,70,83)(H,71,90)(H,72,91)(H,76,92)(H,77,93)(H,84,85)(H,86,87)(H,88,89)(H4,67,73,74,78,94)/t52-,53-,54?,59+/m1/s1. The lowest BCUT2D eigenvalue weighted by Gasteiger charge is -2.26. The average molecular weight is 1320 g/mol. The highest BCUT2D eigenvalue weighted by molar-refractivity contribution is 5.96. The van der Waals surface area contributed by atoms with Gasteiger partial charge in [0.25, 0.3) is 5.91 Å². The lowest BCUT2D eigenvalue weighted by atomic mass is 9.90. The van der Waals surface area contributed by atoms with Crippen molar-refractivity contribution in [2.24, 2.45) is 16.5 Å². The normalized spacial score (nSPS) is 12.5. The minimum atomic E-state index is -1.08. The zero-order valence-electron chi connectivity index (χ0n) is 53.7. The first-order chi connectivity index (χ1) is 45.7. The number of benzene rings is 4. The number of rotatable bonds is 48. The molecule has 4 aromatic carbocycles. The topological polar surface area (TPSA) is 452 Å². The minimum Gasteiger partial charge on any atom is -0.508 e. The van der Waals surface area contributed by atoms with Crippen LogP contribution in [0, 0.1) is 0 Å². The van der Waals surface area contributed by atoms with E-state index in [1.165, 1.54) is 12.1 Å². The second-order valence-electron chi connectivity index (χ2n) is 22.1. The fourth-order valence-corrected chi connectivity index (χ4v) is 9.44. The van der Waals surface area contributed by atoms with Gasteiger partial charge >= 0.3 is 23.9 Å². The van der Waals surface area contributed by atoms with Crippen LogP contribution in [0.5, 0.6) is 11.5 Å². The van der Waals surface area contributed by atoms with E-state index in [2.05, 4.69) is 58.2 Å². The first-order valence-corrected chi connectivity index (χ1v) is 31.6. The van der Waals surface area contributed by atoms with E-state index >= 15 is 0 Å². The van der Waals surface area contributed by atoms with Crippen molar-refractivity contribution in [2.75, 3.05) is 98.2 Å². The fourth-order valence-electron chi connectivity index (χ4n) is 9.44. The zero-order valence-corrected chi connectivity index (χ0v) is 53.7. The Labute approximate surface area is 552 Å². The summed E-state index contributed by atoms with van der Waals surface area (Å²) in [7, 11) is 0. The molecule has 0 spiro atoms. The van der Waals surface area contributed by atoms with Gasteiger partial charge in [0.1, 0.15) is 23.7 Å². The second kappa shape index (κ2) is 44.9. The molecule has 0 saturated heterocycles. The Hall–Kier alpha value is -9.59. The van der Waals surface area contributed by atoms with Crippen molar-refractivity contribution >= 4 is 65.7 Å². The second-order valence-corrected chi connectivity index (χ2v) is 22.1. The number of hydrogen-bond donors (Lipinski definition) is 16. The summed E-state index contributed by atoms with van der Waals surface area (Å²) in [6.07, 6.45) is 3.38. The molecule has 30 heteroatoms. The number of phenols is 1. The van der Waals surface area contributed by atoms with Gasteiger partial charge < -0.3 is 78.6 Å². The number of carboxylic acids is 3. The highest BCUT2D eigenvalue weighted by Gasteiger charge is 2.29. The summed E-state index contributed by atoms with van der Waals surface area (Å²) >= 11 is 0. The monoisotopic (exact) mass is 1320 g/mol. The van der Waals surface area contributed by atoms with Crippen LogP contribution < -0.4 is 69.4 Å². The third kappa shape index (κ3) is 33.2. The number of aldehydes is 1. The van der Waals surface area contributed by atoms with Crippen molar-refractivity contribution in [3.05, 3.63) is 131 Å². The van der Waals surface area contributed by atoms with E-state index in [0.717, 1.165) is 11.1 Å². The number of ether oxygens (including phenoxy) is 1. The predicted octanol–water partition coefficient (Wildman–Crippen LogP) is 0.1000. The van der Waals surface area contributed by atoms with Gasteiger partial charge in [-0.3, -0.25) is 69.1 Å². The van der Waals surface area contributed by atoms with E-state index in [-0.39, 0.29) is 134 Å². The van der Waals surface area contributed by atoms with Crippen molar-refractivity contribution in [3.63, 3.8) is 0 Å². The minimum absolute atomic E-state index is 0.0724. The molecule has 4 aromatic rings. The Morgan fingerprint density at radius 2 is 1.25 bits per heavy atom. The Balaban J connectivity index is 1.17. The van der Waals surface area contributed by atoms with Crippen LogP contribution in [0.15, 0.2) is 108 Å². The number of nitrogens with two attached hydrogens (primary N) is 2. The van der Waals surface area contributed by atoms with Gasteiger partial charge in [0.05, 0.1) is 38.2 Å². The molecule has 0 fully saturated rings. The molecule has 518 valence electrons. The number of nitrogens with one attached hydrogen (secondary N) is 10. The summed E-state index contributed by atoms with van der Waals surface area (Å²) in [5.41, 5.74) is 15.4. The molecule has 0 heterocycles. The summed E-state index contributed by atoms with van der Waals surface area (Å²) in [6, 6.07) is 27.0. The number of carbonyl (C=O) groups excluding carboxylic acids is 7. The van der Waals surface area contributed by atoms with Crippen LogP contribution >= 0.6 is 0 Å². The van der Waals surface area contributed by atoms with Gasteiger partial charge in [-0.1, -0.05) is 73.7 Å². The molecule has 0 aliphatic heterocycles. The highest BCUT2D eigenvalue weighted by Crippen LogP contribution is 2.28. The largest absolute Gasteiger partial charge is 0.508 e. The number of carboxylic acid groups (broad SMARTS) is 3. The average Bonchev–Trinajstić information content (AvgIpc) is 0.891. The van der Waals surface area contributed by atoms with Gasteiger partial charge in [-0.15, -0.1) is 0 Å². The van der Waals surface area contributed by atoms with E-state index in [1.54, 1.807) is 77.4 Å². The molecule has 4 atom stereocenters. The molecule has 1 unspecified atom stereocenters. The molecular formula is C65H93N15O15. The molecule has 0 saturated carbocycles. The number of unbranched alkanes of at least 4 members (excludes halogenated alkanes) is 2. The molecule has 30 nitrogen and oxygen atoms in total. The van der Waals surface area contributed by atoms with Gasteiger partial charge in [0.2, 0.25) is 23.6 Å². The molecule has 7 amide bonds. The summed E-state index contributed by atoms with van der Waals surface area (Å²) < 4.78 is 6.12. The van der Waals surface area contributed by atoms with E-state index in [4.69, 9.17) is 21.3 Å². The van der Waals surface area contributed by atoms with Crippen LogP contribution in [-0.4, -0.2) is 212 Å². The van der Waals surface area contributed by atoms with Gasteiger partial charge in [-0.2, -0.15) is 0 Å². The molecule has 0 bridgehead atoms. The summed E-state index contributed by atoms with van der Waals surface area (Å²) in [5, 5.41) is 65.3. The maximum atomic E-state index is 14.5. The van der Waals surface area contributed by atoms with Crippen LogP contribution in [-0.2, 0) is 51.4 Å². The number of aliphatic imine (C=N–C) groups is 1. The molecule has 0 radical (unpaired) electrons. The summed E-state index contributed by atoms with van der Waals surface area (Å²) in [6.45, 7) is 4.06. The Morgan fingerprint density at radius 3 is 1.93 bits per heavy atom. The zero-order chi connectivity index (χ0) is 69.2. The van der Waals surface area contributed by atoms with Gasteiger partial charge in [0, 0.05) is 97.1 Å². The lowest BCUT2D eigenvalue weighted by molar-refractivity contribution is -0.140. The quantitative estimate of drug-likeness (QED) is 0.00917. The number of phenolic OH excluding ortho intramolecular Hbond substituents is 1. The number of aromatic hydroxyl groups is 1. The maximum absolute atomic E-state index is 14.5. The maximum Gasteiger partial charge on any atom is 0.321 e. The smallest absolute Gasteiger partial charge is 0.321 e. The SMILES string of the molecule is CCC(=O)NCCNC(=O)NC(N)=NCCC[C@@H](NC(=O)[C@@H](c1ccccc1)c1cccc(OCCCCNC(=O)[C@H](N)CCCCNC(=O)c2ccc(CNC(C=O)NCCN(CCN(CCNCC(=O)O)CC(=O)O)CC(=O)O)cc2)c1)C(=O)NCc1ccc(O)cc1.